The van der Waals surface area contributed by atoms with Gasteiger partial charge in [-0.25, -0.2) is 4.68 Å². The van der Waals surface area contributed by atoms with E-state index in [0.717, 1.165) is 6.54 Å². The monoisotopic (exact) mass is 219 g/mol. The first-order valence-corrected chi connectivity index (χ1v) is 6.43. The minimum absolute atomic E-state index is 0.521. The molecule has 0 saturated heterocycles. The Hall–Kier alpha value is -0.990. The summed E-state index contributed by atoms with van der Waals surface area (Å²) in [6, 6.07) is 2.85. The first-order chi connectivity index (χ1) is 7.60. The number of rotatable bonds is 2. The Morgan fingerprint density at radius 2 is 2.25 bits per heavy atom. The van der Waals surface area contributed by atoms with E-state index in [-0.39, 0.29) is 0 Å². The first kappa shape index (κ1) is 10.2. The van der Waals surface area contributed by atoms with Crippen molar-refractivity contribution in [2.24, 2.45) is 5.41 Å². The Balaban J connectivity index is 1.98. The smallest absolute Gasteiger partial charge is 0.124 e. The summed E-state index contributed by atoms with van der Waals surface area (Å²) in [5.74, 6) is 1.75. The Labute approximate surface area is 97.2 Å². The van der Waals surface area contributed by atoms with Crippen molar-refractivity contribution in [2.45, 2.75) is 52.0 Å². The maximum absolute atomic E-state index is 4.79. The highest BCUT2D eigenvalue weighted by molar-refractivity contribution is 5.40. The summed E-state index contributed by atoms with van der Waals surface area (Å²) in [7, 11) is 0. The molecule has 1 N–H and O–H groups in total. The van der Waals surface area contributed by atoms with E-state index < -0.39 is 0 Å². The molecule has 1 aromatic rings. The van der Waals surface area contributed by atoms with Crippen LogP contribution in [0.2, 0.25) is 0 Å². The standard InChI is InChI=1S/C13H21N3/c1-9(2)10-8-12-14-7-4-11(16(12)15-10)13(3)5-6-13/h8-9,11,14H,4-7H2,1-3H3. The van der Waals surface area contributed by atoms with Crippen molar-refractivity contribution >= 4 is 5.82 Å². The van der Waals surface area contributed by atoms with Gasteiger partial charge in [-0.05, 0) is 30.6 Å². The van der Waals surface area contributed by atoms with Crippen LogP contribution in [-0.4, -0.2) is 16.3 Å². The lowest BCUT2D eigenvalue weighted by atomic mass is 9.95. The molecule has 3 nitrogen and oxygen atoms in total. The SMILES string of the molecule is CC(C)c1cc2n(n1)C(C1(C)CC1)CCN2. The second-order valence-electron chi connectivity index (χ2n) is 5.94. The van der Waals surface area contributed by atoms with Crippen molar-refractivity contribution in [2.75, 3.05) is 11.9 Å². The second-order valence-corrected chi connectivity index (χ2v) is 5.94. The lowest BCUT2D eigenvalue weighted by molar-refractivity contribution is 0.283. The Bertz CT molecular complexity index is 401. The molecular weight excluding hydrogens is 198 g/mol. The normalized spacial score (nSPS) is 26.4. The van der Waals surface area contributed by atoms with Crippen molar-refractivity contribution in [1.82, 2.24) is 9.78 Å². The summed E-state index contributed by atoms with van der Waals surface area (Å²) in [5, 5.41) is 8.26. The van der Waals surface area contributed by atoms with Gasteiger partial charge in [0.05, 0.1) is 11.7 Å². The van der Waals surface area contributed by atoms with Gasteiger partial charge in [-0.1, -0.05) is 20.8 Å². The molecule has 1 atom stereocenters. The average molecular weight is 219 g/mol. The highest BCUT2D eigenvalue weighted by Gasteiger charge is 2.47. The molecule has 1 aromatic heterocycles. The summed E-state index contributed by atoms with van der Waals surface area (Å²) in [5.41, 5.74) is 1.75. The fraction of sp³-hybridized carbons (Fsp3) is 0.769. The van der Waals surface area contributed by atoms with Gasteiger partial charge in [-0.2, -0.15) is 5.10 Å². The van der Waals surface area contributed by atoms with E-state index in [1.165, 1.54) is 30.8 Å². The lowest BCUT2D eigenvalue weighted by Gasteiger charge is -2.30. The molecule has 1 aliphatic heterocycles. The van der Waals surface area contributed by atoms with Gasteiger partial charge >= 0.3 is 0 Å². The fourth-order valence-corrected chi connectivity index (χ4v) is 2.70. The number of hydrogen-bond acceptors (Lipinski definition) is 2. The highest BCUT2D eigenvalue weighted by atomic mass is 15.4. The zero-order chi connectivity index (χ0) is 11.3. The van der Waals surface area contributed by atoms with Crippen LogP contribution in [0.15, 0.2) is 6.07 Å². The minimum atomic E-state index is 0.521. The molecule has 88 valence electrons. The third-order valence-corrected chi connectivity index (χ3v) is 4.21. The summed E-state index contributed by atoms with van der Waals surface area (Å²) in [4.78, 5) is 0. The quantitative estimate of drug-likeness (QED) is 0.828. The van der Waals surface area contributed by atoms with Gasteiger partial charge in [0.1, 0.15) is 5.82 Å². The van der Waals surface area contributed by atoms with E-state index in [1.54, 1.807) is 0 Å². The molecule has 1 unspecified atom stereocenters. The van der Waals surface area contributed by atoms with Crippen LogP contribution in [0, 0.1) is 5.41 Å². The van der Waals surface area contributed by atoms with E-state index >= 15 is 0 Å². The predicted molar refractivity (Wildman–Crippen MR) is 65.8 cm³/mol. The number of hydrogen-bond donors (Lipinski definition) is 1. The van der Waals surface area contributed by atoms with Crippen molar-refractivity contribution in [3.8, 4) is 0 Å². The molecule has 2 aliphatic rings. The molecule has 2 heterocycles. The van der Waals surface area contributed by atoms with Crippen LogP contribution in [0.5, 0.6) is 0 Å². The molecule has 0 aromatic carbocycles. The number of nitrogens with zero attached hydrogens (tertiary/aromatic N) is 2. The molecule has 3 heteroatoms. The lowest BCUT2D eigenvalue weighted by Crippen LogP contribution is -2.28. The largest absolute Gasteiger partial charge is 0.370 e. The van der Waals surface area contributed by atoms with Gasteiger partial charge in [-0.15, -0.1) is 0 Å². The van der Waals surface area contributed by atoms with Gasteiger partial charge in [0, 0.05) is 12.6 Å². The van der Waals surface area contributed by atoms with Crippen LogP contribution in [0.1, 0.15) is 57.7 Å². The van der Waals surface area contributed by atoms with Gasteiger partial charge in [-0.3, -0.25) is 0 Å². The molecule has 0 amide bonds. The summed E-state index contributed by atoms with van der Waals surface area (Å²) in [6.07, 6.45) is 3.96. The van der Waals surface area contributed by atoms with Gasteiger partial charge < -0.3 is 5.32 Å². The van der Waals surface area contributed by atoms with Crippen molar-refractivity contribution in [1.29, 1.82) is 0 Å². The third kappa shape index (κ3) is 1.45. The van der Waals surface area contributed by atoms with Gasteiger partial charge in [0.25, 0.3) is 0 Å². The van der Waals surface area contributed by atoms with Crippen molar-refractivity contribution < 1.29 is 0 Å². The zero-order valence-corrected chi connectivity index (χ0v) is 10.5. The molecule has 16 heavy (non-hydrogen) atoms. The maximum Gasteiger partial charge on any atom is 0.124 e. The van der Waals surface area contributed by atoms with Gasteiger partial charge in [0.2, 0.25) is 0 Å². The number of nitrogens with one attached hydrogen (secondary N) is 1. The van der Waals surface area contributed by atoms with Crippen LogP contribution < -0.4 is 5.32 Å². The van der Waals surface area contributed by atoms with Gasteiger partial charge in [0.15, 0.2) is 0 Å². The Morgan fingerprint density at radius 1 is 1.50 bits per heavy atom. The van der Waals surface area contributed by atoms with Crippen LogP contribution in [0.4, 0.5) is 5.82 Å². The van der Waals surface area contributed by atoms with Crippen molar-refractivity contribution in [3.05, 3.63) is 11.8 Å². The molecule has 3 rings (SSSR count). The molecule has 0 radical (unpaired) electrons. The van der Waals surface area contributed by atoms with Crippen molar-refractivity contribution in [3.63, 3.8) is 0 Å². The van der Waals surface area contributed by atoms with Crippen LogP contribution >= 0.6 is 0 Å². The molecular formula is C13H21N3. The molecule has 1 aliphatic carbocycles. The Morgan fingerprint density at radius 3 is 2.88 bits per heavy atom. The molecule has 0 bridgehead atoms. The number of anilines is 1. The van der Waals surface area contributed by atoms with Crippen LogP contribution in [-0.2, 0) is 0 Å². The van der Waals surface area contributed by atoms with E-state index in [9.17, 15) is 0 Å². The van der Waals surface area contributed by atoms with E-state index in [4.69, 9.17) is 5.10 Å². The van der Waals surface area contributed by atoms with E-state index in [1.807, 2.05) is 0 Å². The van der Waals surface area contributed by atoms with Crippen LogP contribution in [0.3, 0.4) is 0 Å². The predicted octanol–water partition coefficient (Wildman–Crippen LogP) is 3.16. The molecule has 1 fully saturated rings. The topological polar surface area (TPSA) is 29.9 Å². The second kappa shape index (κ2) is 3.25. The van der Waals surface area contributed by atoms with Crippen LogP contribution in [0.25, 0.3) is 0 Å². The number of fused-ring (bicyclic) bond motifs is 1. The fourth-order valence-electron chi connectivity index (χ4n) is 2.70. The summed E-state index contributed by atoms with van der Waals surface area (Å²) >= 11 is 0. The summed E-state index contributed by atoms with van der Waals surface area (Å²) in [6.45, 7) is 7.93. The zero-order valence-electron chi connectivity index (χ0n) is 10.5. The minimum Gasteiger partial charge on any atom is -0.370 e. The summed E-state index contributed by atoms with van der Waals surface area (Å²) < 4.78 is 2.26. The Kier molecular flexibility index (Phi) is 2.07. The highest BCUT2D eigenvalue weighted by Crippen LogP contribution is 2.56. The third-order valence-electron chi connectivity index (χ3n) is 4.21. The number of aromatic nitrogens is 2. The van der Waals surface area contributed by atoms with E-state index in [2.05, 4.69) is 36.8 Å². The van der Waals surface area contributed by atoms with E-state index in [0.29, 0.717) is 17.4 Å². The molecule has 1 saturated carbocycles. The first-order valence-electron chi connectivity index (χ1n) is 6.43. The average Bonchev–Trinajstić information content (AvgIpc) is 2.84. The molecule has 0 spiro atoms. The maximum atomic E-state index is 4.79.